The van der Waals surface area contributed by atoms with Crippen molar-refractivity contribution in [2.75, 3.05) is 6.54 Å². The minimum absolute atomic E-state index is 0.0603. The molecular formula is C14H20BrClN2O. The second-order valence-corrected chi connectivity index (χ2v) is 6.75. The maximum atomic E-state index is 11.6. The Morgan fingerprint density at radius 2 is 2.05 bits per heavy atom. The van der Waals surface area contributed by atoms with Crippen molar-refractivity contribution in [3.8, 4) is 0 Å². The molecule has 3 nitrogen and oxygen atoms in total. The van der Waals surface area contributed by atoms with E-state index in [9.17, 15) is 4.79 Å². The highest BCUT2D eigenvalue weighted by molar-refractivity contribution is 9.10. The summed E-state index contributed by atoms with van der Waals surface area (Å²) in [5, 5.41) is 6.88. The smallest absolute Gasteiger partial charge is 0.221 e. The number of nitrogens with one attached hydrogen (secondary N) is 2. The summed E-state index contributed by atoms with van der Waals surface area (Å²) in [7, 11) is 0. The van der Waals surface area contributed by atoms with Crippen LogP contribution in [0.1, 0.15) is 32.8 Å². The number of carbonyl (C=O) groups excluding carboxylic acids is 1. The summed E-state index contributed by atoms with van der Waals surface area (Å²) in [6.45, 7) is 7.25. The van der Waals surface area contributed by atoms with Crippen molar-refractivity contribution in [2.45, 2.75) is 39.3 Å². The van der Waals surface area contributed by atoms with Gasteiger partial charge in [0.2, 0.25) is 5.91 Å². The molecule has 1 aromatic rings. The molecule has 0 saturated carbocycles. The lowest BCUT2D eigenvalue weighted by molar-refractivity contribution is -0.122. The van der Waals surface area contributed by atoms with Crippen LogP contribution < -0.4 is 10.6 Å². The van der Waals surface area contributed by atoms with Crippen LogP contribution in [-0.4, -0.2) is 18.0 Å². The van der Waals surface area contributed by atoms with Crippen LogP contribution in [0.3, 0.4) is 0 Å². The molecule has 1 rings (SSSR count). The summed E-state index contributed by atoms with van der Waals surface area (Å²) in [6, 6.07) is 5.67. The van der Waals surface area contributed by atoms with Crippen LogP contribution >= 0.6 is 27.5 Å². The Bertz CT molecular complexity index is 444. The molecule has 0 aliphatic carbocycles. The summed E-state index contributed by atoms with van der Waals surface area (Å²) in [5.74, 6) is 0.0603. The molecule has 0 atom stereocenters. The van der Waals surface area contributed by atoms with Gasteiger partial charge in [0.1, 0.15) is 0 Å². The van der Waals surface area contributed by atoms with Crippen LogP contribution in [0.5, 0.6) is 0 Å². The monoisotopic (exact) mass is 346 g/mol. The summed E-state index contributed by atoms with van der Waals surface area (Å²) < 4.78 is 1.02. The van der Waals surface area contributed by atoms with E-state index in [1.165, 1.54) is 0 Å². The van der Waals surface area contributed by atoms with Gasteiger partial charge in [-0.1, -0.05) is 27.5 Å². The molecule has 1 amide bonds. The predicted molar refractivity (Wildman–Crippen MR) is 83.4 cm³/mol. The molecule has 0 heterocycles. The van der Waals surface area contributed by atoms with Gasteiger partial charge < -0.3 is 10.6 Å². The molecule has 2 N–H and O–H groups in total. The topological polar surface area (TPSA) is 41.1 Å². The molecule has 0 aliphatic rings. The van der Waals surface area contributed by atoms with Crippen molar-refractivity contribution >= 4 is 33.4 Å². The Morgan fingerprint density at radius 1 is 1.37 bits per heavy atom. The van der Waals surface area contributed by atoms with Crippen molar-refractivity contribution in [2.24, 2.45) is 0 Å². The van der Waals surface area contributed by atoms with Gasteiger partial charge in [-0.3, -0.25) is 4.79 Å². The van der Waals surface area contributed by atoms with E-state index in [0.717, 1.165) is 10.0 Å². The minimum atomic E-state index is -0.174. The normalized spacial score (nSPS) is 11.4. The van der Waals surface area contributed by atoms with E-state index in [1.807, 2.05) is 39.0 Å². The van der Waals surface area contributed by atoms with Gasteiger partial charge in [-0.05, 0) is 44.5 Å². The van der Waals surface area contributed by atoms with E-state index in [-0.39, 0.29) is 11.4 Å². The first-order chi connectivity index (χ1) is 8.78. The summed E-state index contributed by atoms with van der Waals surface area (Å²) in [4.78, 5) is 11.6. The number of hydrogen-bond donors (Lipinski definition) is 2. The Morgan fingerprint density at radius 3 is 2.68 bits per heavy atom. The zero-order chi connectivity index (χ0) is 14.5. The first kappa shape index (κ1) is 16.5. The standard InChI is InChI=1S/C14H20BrClN2O/c1-14(2,3)18-13(19)6-7-17-9-10-8-11(16)4-5-12(10)15/h4-5,8,17H,6-7,9H2,1-3H3,(H,18,19). The van der Waals surface area contributed by atoms with E-state index in [1.54, 1.807) is 0 Å². The second-order valence-electron chi connectivity index (χ2n) is 5.46. The number of rotatable bonds is 5. The molecule has 0 unspecified atom stereocenters. The molecule has 0 fully saturated rings. The van der Waals surface area contributed by atoms with Gasteiger partial charge in [0.25, 0.3) is 0 Å². The lowest BCUT2D eigenvalue weighted by atomic mass is 10.1. The fourth-order valence-corrected chi connectivity index (χ4v) is 2.17. The number of halogens is 2. The highest BCUT2D eigenvalue weighted by Gasteiger charge is 2.12. The fraction of sp³-hybridized carbons (Fsp3) is 0.500. The van der Waals surface area contributed by atoms with E-state index < -0.39 is 0 Å². The molecule has 19 heavy (non-hydrogen) atoms. The highest BCUT2D eigenvalue weighted by atomic mass is 79.9. The third-order valence-electron chi connectivity index (χ3n) is 2.37. The number of hydrogen-bond acceptors (Lipinski definition) is 2. The Balaban J connectivity index is 2.31. The average Bonchev–Trinajstić information content (AvgIpc) is 2.26. The van der Waals surface area contributed by atoms with Crippen molar-refractivity contribution in [1.82, 2.24) is 10.6 Å². The zero-order valence-electron chi connectivity index (χ0n) is 11.5. The van der Waals surface area contributed by atoms with Gasteiger partial charge in [0, 0.05) is 34.5 Å². The van der Waals surface area contributed by atoms with Gasteiger partial charge in [0.05, 0.1) is 0 Å². The van der Waals surface area contributed by atoms with Crippen LogP contribution in [0.25, 0.3) is 0 Å². The van der Waals surface area contributed by atoms with Crippen molar-refractivity contribution < 1.29 is 4.79 Å². The van der Waals surface area contributed by atoms with E-state index in [4.69, 9.17) is 11.6 Å². The number of carbonyl (C=O) groups is 1. The van der Waals surface area contributed by atoms with Gasteiger partial charge in [-0.2, -0.15) is 0 Å². The second kappa shape index (κ2) is 7.27. The summed E-state index contributed by atoms with van der Waals surface area (Å²) >= 11 is 9.41. The van der Waals surface area contributed by atoms with Crippen molar-refractivity contribution in [3.63, 3.8) is 0 Å². The third-order valence-corrected chi connectivity index (χ3v) is 3.38. The number of amides is 1. The molecule has 0 spiro atoms. The molecule has 106 valence electrons. The number of benzene rings is 1. The van der Waals surface area contributed by atoms with Gasteiger partial charge in [-0.25, -0.2) is 0 Å². The van der Waals surface area contributed by atoms with Crippen molar-refractivity contribution in [3.05, 3.63) is 33.3 Å². The molecule has 0 radical (unpaired) electrons. The molecule has 5 heteroatoms. The summed E-state index contributed by atoms with van der Waals surface area (Å²) in [6.07, 6.45) is 0.468. The third kappa shape index (κ3) is 6.95. The van der Waals surface area contributed by atoms with Crippen LogP contribution in [0, 0.1) is 0 Å². The SMILES string of the molecule is CC(C)(C)NC(=O)CCNCc1cc(Cl)ccc1Br. The maximum Gasteiger partial charge on any atom is 0.221 e. The van der Waals surface area contributed by atoms with Crippen LogP contribution in [0.15, 0.2) is 22.7 Å². The highest BCUT2D eigenvalue weighted by Crippen LogP contribution is 2.20. The van der Waals surface area contributed by atoms with E-state index >= 15 is 0 Å². The molecule has 1 aromatic carbocycles. The fourth-order valence-electron chi connectivity index (χ4n) is 1.58. The Labute approximate surface area is 128 Å². The minimum Gasteiger partial charge on any atom is -0.351 e. The quantitative estimate of drug-likeness (QED) is 0.801. The zero-order valence-corrected chi connectivity index (χ0v) is 13.9. The van der Waals surface area contributed by atoms with Gasteiger partial charge in [0.15, 0.2) is 0 Å². The molecule has 0 aliphatic heterocycles. The molecular weight excluding hydrogens is 328 g/mol. The lowest BCUT2D eigenvalue weighted by Crippen LogP contribution is -2.41. The predicted octanol–water partition coefficient (Wildman–Crippen LogP) is 3.50. The van der Waals surface area contributed by atoms with Crippen LogP contribution in [-0.2, 0) is 11.3 Å². The van der Waals surface area contributed by atoms with E-state index in [2.05, 4.69) is 26.6 Å². The first-order valence-corrected chi connectivity index (χ1v) is 7.41. The molecule has 0 aromatic heterocycles. The van der Waals surface area contributed by atoms with Crippen LogP contribution in [0.4, 0.5) is 0 Å². The molecule has 0 saturated heterocycles. The summed E-state index contributed by atoms with van der Waals surface area (Å²) in [5.41, 5.74) is 0.913. The largest absolute Gasteiger partial charge is 0.351 e. The first-order valence-electron chi connectivity index (χ1n) is 6.23. The average molecular weight is 348 g/mol. The van der Waals surface area contributed by atoms with Crippen LogP contribution in [0.2, 0.25) is 5.02 Å². The Hall–Kier alpha value is -0.580. The van der Waals surface area contributed by atoms with E-state index in [0.29, 0.717) is 24.5 Å². The molecule has 0 bridgehead atoms. The van der Waals surface area contributed by atoms with Gasteiger partial charge >= 0.3 is 0 Å². The maximum absolute atomic E-state index is 11.6. The Kier molecular flexibility index (Phi) is 6.30. The van der Waals surface area contributed by atoms with Gasteiger partial charge in [-0.15, -0.1) is 0 Å². The lowest BCUT2D eigenvalue weighted by Gasteiger charge is -2.20. The van der Waals surface area contributed by atoms with Crippen molar-refractivity contribution in [1.29, 1.82) is 0 Å².